The Kier molecular flexibility index (Phi) is 4.09. The van der Waals surface area contributed by atoms with Gasteiger partial charge < -0.3 is 9.73 Å². The molecule has 2 rings (SSSR count). The molecular weight excluding hydrogens is 270 g/mol. The van der Waals surface area contributed by atoms with Crippen molar-refractivity contribution in [1.82, 2.24) is 10.3 Å². The van der Waals surface area contributed by atoms with Gasteiger partial charge in [0.25, 0.3) is 5.69 Å². The second kappa shape index (κ2) is 5.65. The molecule has 0 saturated carbocycles. The largest absolute Gasteiger partial charge is 0.439 e. The third kappa shape index (κ3) is 3.66. The molecule has 0 unspecified atom stereocenters. The molecule has 0 saturated heterocycles. The summed E-state index contributed by atoms with van der Waals surface area (Å²) in [4.78, 5) is 15.0. The van der Waals surface area contributed by atoms with E-state index in [0.29, 0.717) is 29.3 Å². The summed E-state index contributed by atoms with van der Waals surface area (Å²) in [6, 6.07) is 5.15. The van der Waals surface area contributed by atoms with E-state index < -0.39 is 0 Å². The number of nitro benzene ring substituents is 1. The number of oxazole rings is 1. The third-order valence-corrected chi connectivity index (χ3v) is 3.01. The van der Waals surface area contributed by atoms with E-state index in [2.05, 4.69) is 10.3 Å². The van der Waals surface area contributed by atoms with E-state index in [1.54, 1.807) is 25.1 Å². The van der Waals surface area contributed by atoms with Crippen LogP contribution in [-0.4, -0.2) is 15.4 Å². The van der Waals surface area contributed by atoms with Crippen molar-refractivity contribution in [3.05, 3.63) is 46.0 Å². The fourth-order valence-corrected chi connectivity index (χ4v) is 1.96. The second-order valence-electron chi connectivity index (χ2n) is 5.95. The predicted molar refractivity (Wildman–Crippen MR) is 79.9 cm³/mol. The molecule has 0 spiro atoms. The predicted octanol–water partition coefficient (Wildman–Crippen LogP) is 3.45. The second-order valence-corrected chi connectivity index (χ2v) is 5.95. The maximum Gasteiger partial charge on any atom is 0.283 e. The van der Waals surface area contributed by atoms with E-state index in [4.69, 9.17) is 4.42 Å². The fraction of sp³-hybridized carbons (Fsp3) is 0.400. The van der Waals surface area contributed by atoms with Gasteiger partial charge in [0.2, 0.25) is 5.89 Å². The Bertz CT molecular complexity index is 656. The Balaban J connectivity index is 2.30. The smallest absolute Gasteiger partial charge is 0.283 e. The number of nitrogens with one attached hydrogen (secondary N) is 1. The number of para-hydroxylation sites is 1. The Morgan fingerprint density at radius 1 is 1.38 bits per heavy atom. The van der Waals surface area contributed by atoms with E-state index in [1.165, 1.54) is 6.20 Å². The molecule has 0 radical (unpaired) electrons. The van der Waals surface area contributed by atoms with Gasteiger partial charge in [0.1, 0.15) is 0 Å². The highest BCUT2D eigenvalue weighted by Gasteiger charge is 2.21. The number of aromatic nitrogens is 1. The van der Waals surface area contributed by atoms with Crippen molar-refractivity contribution in [3.8, 4) is 11.3 Å². The minimum absolute atomic E-state index is 0.0516. The number of rotatable bonds is 4. The van der Waals surface area contributed by atoms with Gasteiger partial charge >= 0.3 is 0 Å². The minimum atomic E-state index is -0.389. The van der Waals surface area contributed by atoms with Crippen LogP contribution in [0.1, 0.15) is 32.2 Å². The normalized spacial score (nSPS) is 11.6. The monoisotopic (exact) mass is 289 g/mol. The van der Waals surface area contributed by atoms with Gasteiger partial charge in [-0.3, -0.25) is 10.1 Å². The number of nitrogens with zero attached hydrogens (tertiary/aromatic N) is 2. The van der Waals surface area contributed by atoms with Gasteiger partial charge in [-0.05, 0) is 33.8 Å². The molecule has 0 aliphatic carbocycles. The van der Waals surface area contributed by atoms with E-state index >= 15 is 0 Å². The maximum atomic E-state index is 11.2. The highest BCUT2D eigenvalue weighted by Crippen LogP contribution is 2.32. The van der Waals surface area contributed by atoms with E-state index in [1.807, 2.05) is 20.8 Å². The van der Waals surface area contributed by atoms with Gasteiger partial charge in [-0.25, -0.2) is 4.98 Å². The standard InChI is InChI=1S/C15H19N3O3/c1-10-6-5-7-11(14(10)18(19)20)12-8-16-13(21-12)9-17-15(2,3)4/h5-8,17H,9H2,1-4H3. The first kappa shape index (κ1) is 15.2. The summed E-state index contributed by atoms with van der Waals surface area (Å²) >= 11 is 0. The van der Waals surface area contributed by atoms with Crippen molar-refractivity contribution in [3.63, 3.8) is 0 Å². The van der Waals surface area contributed by atoms with Crippen LogP contribution in [0.5, 0.6) is 0 Å². The molecule has 21 heavy (non-hydrogen) atoms. The van der Waals surface area contributed by atoms with E-state index in [9.17, 15) is 10.1 Å². The molecule has 6 nitrogen and oxygen atoms in total. The molecule has 6 heteroatoms. The molecule has 112 valence electrons. The van der Waals surface area contributed by atoms with Crippen LogP contribution >= 0.6 is 0 Å². The summed E-state index contributed by atoms with van der Waals surface area (Å²) < 4.78 is 5.63. The van der Waals surface area contributed by atoms with Gasteiger partial charge in [0.15, 0.2) is 5.76 Å². The number of hydrogen-bond acceptors (Lipinski definition) is 5. The average molecular weight is 289 g/mol. The third-order valence-electron chi connectivity index (χ3n) is 3.01. The number of aryl methyl sites for hydroxylation is 1. The maximum absolute atomic E-state index is 11.2. The topological polar surface area (TPSA) is 81.2 Å². The summed E-state index contributed by atoms with van der Waals surface area (Å²) in [7, 11) is 0. The SMILES string of the molecule is Cc1cccc(-c2cnc(CNC(C)(C)C)o2)c1[N+](=O)[O-]. The van der Waals surface area contributed by atoms with Crippen molar-refractivity contribution in [1.29, 1.82) is 0 Å². The van der Waals surface area contributed by atoms with Crippen LogP contribution in [0.4, 0.5) is 5.69 Å². The van der Waals surface area contributed by atoms with E-state index in [0.717, 1.165) is 0 Å². The van der Waals surface area contributed by atoms with Crippen LogP contribution in [0, 0.1) is 17.0 Å². The first-order chi connectivity index (χ1) is 9.78. The zero-order valence-electron chi connectivity index (χ0n) is 12.6. The lowest BCUT2D eigenvalue weighted by Gasteiger charge is -2.18. The van der Waals surface area contributed by atoms with Crippen LogP contribution < -0.4 is 5.32 Å². The van der Waals surface area contributed by atoms with E-state index in [-0.39, 0.29) is 16.1 Å². The summed E-state index contributed by atoms with van der Waals surface area (Å²) in [5, 5.41) is 14.5. The number of hydrogen-bond donors (Lipinski definition) is 1. The van der Waals surface area contributed by atoms with Crippen LogP contribution in [0.2, 0.25) is 0 Å². The number of benzene rings is 1. The first-order valence-electron chi connectivity index (χ1n) is 6.72. The summed E-state index contributed by atoms with van der Waals surface area (Å²) in [5.74, 6) is 0.923. The molecule has 0 bridgehead atoms. The average Bonchev–Trinajstić information content (AvgIpc) is 2.83. The minimum Gasteiger partial charge on any atom is -0.439 e. The Hall–Kier alpha value is -2.21. The van der Waals surface area contributed by atoms with Gasteiger partial charge in [0.05, 0.1) is 23.2 Å². The lowest BCUT2D eigenvalue weighted by atomic mass is 10.1. The molecule has 0 aliphatic heterocycles. The Labute approximate surface area is 123 Å². The molecule has 1 N–H and O–H groups in total. The van der Waals surface area contributed by atoms with Crippen LogP contribution in [0.25, 0.3) is 11.3 Å². The summed E-state index contributed by atoms with van der Waals surface area (Å²) in [6.07, 6.45) is 1.53. The van der Waals surface area contributed by atoms with Crippen LogP contribution in [0.3, 0.4) is 0 Å². The molecule has 1 heterocycles. The number of nitro groups is 1. The highest BCUT2D eigenvalue weighted by atomic mass is 16.6. The quantitative estimate of drug-likeness (QED) is 0.688. The van der Waals surface area contributed by atoms with Crippen molar-refractivity contribution in [2.24, 2.45) is 0 Å². The molecule has 0 aliphatic rings. The van der Waals surface area contributed by atoms with Crippen molar-refractivity contribution >= 4 is 5.69 Å². The molecule has 0 atom stereocenters. The summed E-state index contributed by atoms with van der Waals surface area (Å²) in [5.41, 5.74) is 1.06. The van der Waals surface area contributed by atoms with Crippen LogP contribution in [-0.2, 0) is 6.54 Å². The molecule has 1 aromatic heterocycles. The lowest BCUT2D eigenvalue weighted by Crippen LogP contribution is -2.35. The van der Waals surface area contributed by atoms with Crippen LogP contribution in [0.15, 0.2) is 28.8 Å². The molecule has 1 aromatic carbocycles. The first-order valence-corrected chi connectivity index (χ1v) is 6.72. The Morgan fingerprint density at radius 3 is 2.71 bits per heavy atom. The van der Waals surface area contributed by atoms with Crippen molar-refractivity contribution < 1.29 is 9.34 Å². The molecule has 0 amide bonds. The van der Waals surface area contributed by atoms with Gasteiger partial charge in [-0.2, -0.15) is 0 Å². The van der Waals surface area contributed by atoms with Gasteiger partial charge in [-0.1, -0.05) is 12.1 Å². The molecule has 0 fully saturated rings. The van der Waals surface area contributed by atoms with Gasteiger partial charge in [0, 0.05) is 11.1 Å². The zero-order chi connectivity index (χ0) is 15.6. The lowest BCUT2D eigenvalue weighted by molar-refractivity contribution is -0.384. The fourth-order valence-electron chi connectivity index (χ4n) is 1.96. The van der Waals surface area contributed by atoms with Gasteiger partial charge in [-0.15, -0.1) is 0 Å². The molecular formula is C15H19N3O3. The highest BCUT2D eigenvalue weighted by molar-refractivity contribution is 5.71. The van der Waals surface area contributed by atoms with Crippen molar-refractivity contribution in [2.75, 3.05) is 0 Å². The Morgan fingerprint density at radius 2 is 2.10 bits per heavy atom. The molecule has 2 aromatic rings. The zero-order valence-corrected chi connectivity index (χ0v) is 12.6. The van der Waals surface area contributed by atoms with Crippen molar-refractivity contribution in [2.45, 2.75) is 39.8 Å². The summed E-state index contributed by atoms with van der Waals surface area (Å²) in [6.45, 7) is 8.32.